The molecule has 1 fully saturated rings. The zero-order valence-electron chi connectivity index (χ0n) is 16.3. The van der Waals surface area contributed by atoms with Crippen LogP contribution in [0.1, 0.15) is 5.56 Å². The zero-order chi connectivity index (χ0) is 23.0. The second-order valence-electron chi connectivity index (χ2n) is 6.94. The van der Waals surface area contributed by atoms with Crippen LogP contribution in [0.5, 0.6) is 0 Å². The molecule has 32 heavy (non-hydrogen) atoms. The lowest BCUT2D eigenvalue weighted by Crippen LogP contribution is -2.40. The number of morpholine rings is 1. The molecule has 0 saturated carbocycles. The Morgan fingerprint density at radius 1 is 0.938 bits per heavy atom. The Bertz CT molecular complexity index is 1100. The smallest absolute Gasteiger partial charge is 0.378 e. The topological polar surface area (TPSA) is 49.9 Å². The van der Waals surface area contributed by atoms with Crippen LogP contribution in [0.3, 0.4) is 0 Å². The number of halogens is 5. The Hall–Kier alpha value is -2.20. The number of amides is 2. The summed E-state index contributed by atoms with van der Waals surface area (Å²) >= 11 is 13.1. The first-order valence-corrected chi connectivity index (χ1v) is 11.0. The highest BCUT2D eigenvalue weighted by molar-refractivity contribution is 8.04. The summed E-state index contributed by atoms with van der Waals surface area (Å²) in [4.78, 5) is 29.9. The molecule has 0 atom stereocenters. The predicted octanol–water partition coefficient (Wildman–Crippen LogP) is 5.22. The summed E-state index contributed by atoms with van der Waals surface area (Å²) in [5.74, 6) is -1.47. The minimum Gasteiger partial charge on any atom is -0.378 e. The van der Waals surface area contributed by atoms with E-state index >= 15 is 0 Å². The van der Waals surface area contributed by atoms with Gasteiger partial charge in [-0.1, -0.05) is 35.0 Å². The maximum atomic E-state index is 13.4. The van der Waals surface area contributed by atoms with Crippen molar-refractivity contribution in [3.8, 4) is 0 Å². The van der Waals surface area contributed by atoms with Crippen molar-refractivity contribution in [2.75, 3.05) is 31.2 Å². The quantitative estimate of drug-likeness (QED) is 0.536. The third kappa shape index (κ3) is 4.47. The first kappa shape index (κ1) is 23.0. The van der Waals surface area contributed by atoms with E-state index in [1.165, 1.54) is 0 Å². The van der Waals surface area contributed by atoms with E-state index in [2.05, 4.69) is 0 Å². The number of imide groups is 1. The number of alkyl halides is 3. The first-order chi connectivity index (χ1) is 15.2. The van der Waals surface area contributed by atoms with Gasteiger partial charge >= 0.3 is 6.18 Å². The van der Waals surface area contributed by atoms with Crippen molar-refractivity contribution in [2.45, 2.75) is 11.1 Å². The second kappa shape index (κ2) is 8.97. The molecular formula is C21H15Cl2F3N2O3S. The van der Waals surface area contributed by atoms with Gasteiger partial charge in [0.1, 0.15) is 10.6 Å². The van der Waals surface area contributed by atoms with Gasteiger partial charge in [-0.15, -0.1) is 0 Å². The molecule has 4 rings (SSSR count). The number of nitrogens with zero attached hydrogens (tertiary/aromatic N) is 2. The second-order valence-corrected chi connectivity index (χ2v) is 8.87. The molecule has 0 aromatic heterocycles. The number of benzene rings is 2. The van der Waals surface area contributed by atoms with Gasteiger partial charge in [0.2, 0.25) is 0 Å². The largest absolute Gasteiger partial charge is 0.416 e. The molecule has 168 valence electrons. The summed E-state index contributed by atoms with van der Waals surface area (Å²) < 4.78 is 45.1. The third-order valence-corrected chi connectivity index (χ3v) is 6.54. The molecule has 2 amide bonds. The van der Waals surface area contributed by atoms with E-state index in [1.807, 2.05) is 0 Å². The van der Waals surface area contributed by atoms with Gasteiger partial charge in [0.05, 0.1) is 29.5 Å². The number of hydrogen-bond donors (Lipinski definition) is 0. The molecule has 0 spiro atoms. The summed E-state index contributed by atoms with van der Waals surface area (Å²) in [5, 5.41) is 0.363. The molecule has 0 aliphatic carbocycles. The van der Waals surface area contributed by atoms with E-state index in [9.17, 15) is 22.8 Å². The Morgan fingerprint density at radius 2 is 1.59 bits per heavy atom. The summed E-state index contributed by atoms with van der Waals surface area (Å²) in [6.45, 7) is 1.44. The SMILES string of the molecule is O=C1C(Sc2ccc(Cl)cc2)=C(N2CCOCC2)C(=O)N1c1cc(C(F)(F)F)ccc1Cl. The number of rotatable bonds is 4. The van der Waals surface area contributed by atoms with Crippen molar-refractivity contribution in [3.05, 3.63) is 68.7 Å². The highest BCUT2D eigenvalue weighted by atomic mass is 35.5. The van der Waals surface area contributed by atoms with Gasteiger partial charge in [0.25, 0.3) is 11.8 Å². The normalized spacial score (nSPS) is 17.5. The summed E-state index contributed by atoms with van der Waals surface area (Å²) in [7, 11) is 0. The standard InChI is InChI=1S/C21H15Cl2F3N2O3S/c22-13-2-4-14(5-3-13)32-18-17(27-7-9-31-10-8-27)19(29)28(20(18)30)16-11-12(21(24,25)26)1-6-15(16)23/h1-6,11H,7-10H2. The number of anilines is 1. The minimum absolute atomic E-state index is 0.104. The molecule has 2 aliphatic rings. The summed E-state index contributed by atoms with van der Waals surface area (Å²) in [6.07, 6.45) is -4.66. The molecule has 2 aromatic carbocycles. The van der Waals surface area contributed by atoms with Crippen LogP contribution < -0.4 is 4.90 Å². The lowest BCUT2D eigenvalue weighted by atomic mass is 10.2. The number of ether oxygens (including phenoxy) is 1. The van der Waals surface area contributed by atoms with Crippen molar-refractivity contribution in [1.82, 2.24) is 4.90 Å². The van der Waals surface area contributed by atoms with E-state index in [0.29, 0.717) is 47.2 Å². The molecule has 0 unspecified atom stereocenters. The molecule has 0 N–H and O–H groups in total. The van der Waals surface area contributed by atoms with Crippen molar-refractivity contribution in [1.29, 1.82) is 0 Å². The fourth-order valence-electron chi connectivity index (χ4n) is 3.36. The van der Waals surface area contributed by atoms with Crippen molar-refractivity contribution in [2.24, 2.45) is 0 Å². The monoisotopic (exact) mass is 502 g/mol. The first-order valence-electron chi connectivity index (χ1n) is 9.43. The van der Waals surface area contributed by atoms with Crippen LogP contribution in [0.15, 0.2) is 58.0 Å². The predicted molar refractivity (Wildman–Crippen MR) is 116 cm³/mol. The molecule has 2 aliphatic heterocycles. The third-order valence-electron chi connectivity index (χ3n) is 4.89. The van der Waals surface area contributed by atoms with E-state index in [-0.39, 0.29) is 21.3 Å². The van der Waals surface area contributed by atoms with Crippen LogP contribution in [0.4, 0.5) is 18.9 Å². The fraction of sp³-hybridized carbons (Fsp3) is 0.238. The highest BCUT2D eigenvalue weighted by Crippen LogP contribution is 2.42. The van der Waals surface area contributed by atoms with Crippen LogP contribution in [0.2, 0.25) is 10.0 Å². The zero-order valence-corrected chi connectivity index (χ0v) is 18.6. The fourth-order valence-corrected chi connectivity index (χ4v) is 4.68. The van der Waals surface area contributed by atoms with Crippen LogP contribution in [-0.4, -0.2) is 43.0 Å². The molecule has 2 heterocycles. The van der Waals surface area contributed by atoms with Crippen LogP contribution in [-0.2, 0) is 20.5 Å². The van der Waals surface area contributed by atoms with Crippen LogP contribution >= 0.6 is 35.0 Å². The van der Waals surface area contributed by atoms with Gasteiger partial charge < -0.3 is 9.64 Å². The van der Waals surface area contributed by atoms with Gasteiger partial charge in [0, 0.05) is 23.0 Å². The average molecular weight is 503 g/mol. The Balaban J connectivity index is 1.77. The number of thioether (sulfide) groups is 1. The average Bonchev–Trinajstić information content (AvgIpc) is 2.99. The van der Waals surface area contributed by atoms with Gasteiger partial charge in [0.15, 0.2) is 0 Å². The molecule has 0 bridgehead atoms. The van der Waals surface area contributed by atoms with Crippen molar-refractivity contribution in [3.63, 3.8) is 0 Å². The summed E-state index contributed by atoms with van der Waals surface area (Å²) in [5.41, 5.74) is -1.20. The van der Waals surface area contributed by atoms with Gasteiger partial charge in [-0.3, -0.25) is 9.59 Å². The van der Waals surface area contributed by atoms with Crippen LogP contribution in [0, 0.1) is 0 Å². The minimum atomic E-state index is -4.66. The molecule has 2 aromatic rings. The van der Waals surface area contributed by atoms with E-state index < -0.39 is 23.6 Å². The van der Waals surface area contributed by atoms with Crippen LogP contribution in [0.25, 0.3) is 0 Å². The molecule has 5 nitrogen and oxygen atoms in total. The molecular weight excluding hydrogens is 488 g/mol. The van der Waals surface area contributed by atoms with Crippen molar-refractivity contribution < 1.29 is 27.5 Å². The Labute approximate surface area is 195 Å². The van der Waals surface area contributed by atoms with Gasteiger partial charge in [-0.25, -0.2) is 4.90 Å². The van der Waals surface area contributed by atoms with E-state index in [0.717, 1.165) is 23.9 Å². The number of carbonyl (C=O) groups is 2. The lowest BCUT2D eigenvalue weighted by molar-refractivity contribution is -0.137. The maximum absolute atomic E-state index is 13.4. The molecule has 0 radical (unpaired) electrons. The van der Waals surface area contributed by atoms with Gasteiger partial charge in [-0.2, -0.15) is 13.2 Å². The Kier molecular flexibility index (Phi) is 6.44. The summed E-state index contributed by atoms with van der Waals surface area (Å²) in [6, 6.07) is 9.20. The van der Waals surface area contributed by atoms with E-state index in [1.54, 1.807) is 29.2 Å². The van der Waals surface area contributed by atoms with Gasteiger partial charge in [-0.05, 0) is 42.5 Å². The molecule has 11 heteroatoms. The Morgan fingerprint density at radius 3 is 2.22 bits per heavy atom. The van der Waals surface area contributed by atoms with Crippen molar-refractivity contribution >= 4 is 52.5 Å². The number of hydrogen-bond acceptors (Lipinski definition) is 5. The highest BCUT2D eigenvalue weighted by Gasteiger charge is 2.44. The number of carbonyl (C=O) groups excluding carboxylic acids is 2. The lowest BCUT2D eigenvalue weighted by Gasteiger charge is -2.29. The maximum Gasteiger partial charge on any atom is 0.416 e. The molecule has 1 saturated heterocycles. The van der Waals surface area contributed by atoms with E-state index in [4.69, 9.17) is 27.9 Å².